The third-order valence-electron chi connectivity index (χ3n) is 5.09. The number of amides is 2. The largest absolute Gasteiger partial charge is 0.361 e. The van der Waals surface area contributed by atoms with Crippen LogP contribution in [-0.2, 0) is 11.2 Å². The van der Waals surface area contributed by atoms with Crippen LogP contribution in [0.25, 0.3) is 10.9 Å². The molecule has 1 saturated heterocycles. The molecule has 27 heavy (non-hydrogen) atoms. The van der Waals surface area contributed by atoms with Crippen LogP contribution in [0.15, 0.2) is 54.9 Å². The molecule has 2 amide bonds. The molecule has 6 heteroatoms. The maximum atomic E-state index is 12.6. The van der Waals surface area contributed by atoms with Gasteiger partial charge in [-0.1, -0.05) is 24.3 Å². The standard InChI is InChI=1S/C21H22N4O2/c26-20(9-8-16-15-23-18-6-2-1-5-17(16)18)24-11-13-25(14-12-24)21(27)19-7-3-4-10-22-19/h1-7,10,15,23H,8-9,11-14H2. The van der Waals surface area contributed by atoms with Gasteiger partial charge in [-0.05, 0) is 30.2 Å². The molecule has 1 N–H and O–H groups in total. The van der Waals surface area contributed by atoms with Crippen molar-refractivity contribution in [2.45, 2.75) is 12.8 Å². The zero-order valence-corrected chi connectivity index (χ0v) is 15.1. The van der Waals surface area contributed by atoms with E-state index in [1.807, 2.05) is 35.4 Å². The molecule has 1 aromatic carbocycles. The Hall–Kier alpha value is -3.15. The van der Waals surface area contributed by atoms with E-state index < -0.39 is 0 Å². The predicted octanol–water partition coefficient (Wildman–Crippen LogP) is 2.48. The number of para-hydroxylation sites is 1. The van der Waals surface area contributed by atoms with Crippen molar-refractivity contribution >= 4 is 22.7 Å². The van der Waals surface area contributed by atoms with Crippen molar-refractivity contribution in [3.8, 4) is 0 Å². The van der Waals surface area contributed by atoms with Crippen LogP contribution in [0, 0.1) is 0 Å². The maximum absolute atomic E-state index is 12.6. The molecule has 1 fully saturated rings. The lowest BCUT2D eigenvalue weighted by Gasteiger charge is -2.34. The number of hydrogen-bond acceptors (Lipinski definition) is 3. The molecule has 0 radical (unpaired) electrons. The number of fused-ring (bicyclic) bond motifs is 1. The van der Waals surface area contributed by atoms with Crippen molar-refractivity contribution in [2.75, 3.05) is 26.2 Å². The summed E-state index contributed by atoms with van der Waals surface area (Å²) in [5, 5.41) is 1.18. The van der Waals surface area contributed by atoms with Gasteiger partial charge in [0.05, 0.1) is 0 Å². The fourth-order valence-electron chi connectivity index (χ4n) is 3.55. The van der Waals surface area contributed by atoms with Crippen LogP contribution >= 0.6 is 0 Å². The summed E-state index contributed by atoms with van der Waals surface area (Å²) < 4.78 is 0. The molecule has 2 aromatic heterocycles. The van der Waals surface area contributed by atoms with Gasteiger partial charge in [0, 0.05) is 55.9 Å². The van der Waals surface area contributed by atoms with E-state index in [1.54, 1.807) is 23.2 Å². The predicted molar refractivity (Wildman–Crippen MR) is 103 cm³/mol. The fraction of sp³-hybridized carbons (Fsp3) is 0.286. The normalized spacial score (nSPS) is 14.5. The summed E-state index contributed by atoms with van der Waals surface area (Å²) in [7, 11) is 0. The number of carbonyl (C=O) groups excluding carboxylic acids is 2. The number of pyridine rings is 1. The molecule has 0 spiro atoms. The Kier molecular flexibility index (Phi) is 4.87. The van der Waals surface area contributed by atoms with Gasteiger partial charge in [-0.25, -0.2) is 0 Å². The van der Waals surface area contributed by atoms with E-state index in [9.17, 15) is 9.59 Å². The molecule has 0 unspecified atom stereocenters. The minimum Gasteiger partial charge on any atom is -0.361 e. The topological polar surface area (TPSA) is 69.3 Å². The number of hydrogen-bond donors (Lipinski definition) is 1. The smallest absolute Gasteiger partial charge is 0.272 e. The molecule has 1 aliphatic rings. The SMILES string of the molecule is O=C(CCc1c[nH]c2ccccc12)N1CCN(C(=O)c2ccccn2)CC1. The Morgan fingerprint density at radius 2 is 1.70 bits per heavy atom. The first kappa shape index (κ1) is 17.3. The van der Waals surface area contributed by atoms with Crippen molar-refractivity contribution < 1.29 is 9.59 Å². The quantitative estimate of drug-likeness (QED) is 0.775. The molecule has 138 valence electrons. The van der Waals surface area contributed by atoms with Crippen LogP contribution in [0.4, 0.5) is 0 Å². The minimum atomic E-state index is -0.0681. The molecule has 0 saturated carbocycles. The molecule has 0 atom stereocenters. The molecule has 4 rings (SSSR count). The highest BCUT2D eigenvalue weighted by Gasteiger charge is 2.25. The van der Waals surface area contributed by atoms with Gasteiger partial charge in [-0.3, -0.25) is 14.6 Å². The van der Waals surface area contributed by atoms with Gasteiger partial charge in [-0.2, -0.15) is 0 Å². The van der Waals surface area contributed by atoms with Crippen LogP contribution in [0.2, 0.25) is 0 Å². The molecule has 1 aliphatic heterocycles. The lowest BCUT2D eigenvalue weighted by Crippen LogP contribution is -2.50. The van der Waals surface area contributed by atoms with Crippen molar-refractivity contribution in [3.63, 3.8) is 0 Å². The zero-order chi connectivity index (χ0) is 18.6. The number of aryl methyl sites for hydroxylation is 1. The van der Waals surface area contributed by atoms with Crippen molar-refractivity contribution in [1.82, 2.24) is 19.8 Å². The lowest BCUT2D eigenvalue weighted by molar-refractivity contribution is -0.132. The first-order valence-electron chi connectivity index (χ1n) is 9.25. The van der Waals surface area contributed by atoms with Gasteiger partial charge in [0.25, 0.3) is 5.91 Å². The van der Waals surface area contributed by atoms with Gasteiger partial charge in [0.2, 0.25) is 5.91 Å². The Morgan fingerprint density at radius 1 is 0.963 bits per heavy atom. The Bertz CT molecular complexity index is 943. The van der Waals surface area contributed by atoms with E-state index >= 15 is 0 Å². The number of nitrogens with one attached hydrogen (secondary N) is 1. The Morgan fingerprint density at radius 3 is 2.48 bits per heavy atom. The number of piperazine rings is 1. The molecule has 6 nitrogen and oxygen atoms in total. The Balaban J connectivity index is 1.30. The number of rotatable bonds is 4. The summed E-state index contributed by atoms with van der Waals surface area (Å²) in [6.45, 7) is 2.25. The van der Waals surface area contributed by atoms with Gasteiger partial charge >= 0.3 is 0 Å². The summed E-state index contributed by atoms with van der Waals surface area (Å²) in [6.07, 6.45) is 4.81. The summed E-state index contributed by atoms with van der Waals surface area (Å²) in [5.74, 6) is 0.0757. The maximum Gasteiger partial charge on any atom is 0.272 e. The second-order valence-electron chi connectivity index (χ2n) is 6.75. The summed E-state index contributed by atoms with van der Waals surface area (Å²) in [4.78, 5) is 36.0. The third kappa shape index (κ3) is 3.69. The highest BCUT2D eigenvalue weighted by molar-refractivity contribution is 5.92. The number of carbonyl (C=O) groups is 2. The highest BCUT2D eigenvalue weighted by atomic mass is 16.2. The zero-order valence-electron chi connectivity index (χ0n) is 15.1. The van der Waals surface area contributed by atoms with Gasteiger partial charge in [0.1, 0.15) is 5.69 Å². The third-order valence-corrected chi connectivity index (χ3v) is 5.09. The minimum absolute atomic E-state index is 0.0681. The van der Waals surface area contributed by atoms with E-state index in [0.717, 1.165) is 11.9 Å². The van der Waals surface area contributed by atoms with Crippen LogP contribution < -0.4 is 0 Å². The van der Waals surface area contributed by atoms with E-state index in [0.29, 0.717) is 38.3 Å². The number of aromatic nitrogens is 2. The molecule has 0 aliphatic carbocycles. The van der Waals surface area contributed by atoms with E-state index in [2.05, 4.69) is 16.0 Å². The van der Waals surface area contributed by atoms with E-state index in [1.165, 1.54) is 10.9 Å². The van der Waals surface area contributed by atoms with Crippen LogP contribution in [0.3, 0.4) is 0 Å². The lowest BCUT2D eigenvalue weighted by atomic mass is 10.1. The van der Waals surface area contributed by atoms with Gasteiger partial charge < -0.3 is 14.8 Å². The first-order chi connectivity index (χ1) is 13.2. The summed E-state index contributed by atoms with van der Waals surface area (Å²) >= 11 is 0. The first-order valence-corrected chi connectivity index (χ1v) is 9.25. The number of nitrogens with zero attached hydrogens (tertiary/aromatic N) is 3. The van der Waals surface area contributed by atoms with Crippen LogP contribution in [0.5, 0.6) is 0 Å². The fourth-order valence-corrected chi connectivity index (χ4v) is 3.55. The average Bonchev–Trinajstić information content (AvgIpc) is 3.15. The second-order valence-corrected chi connectivity index (χ2v) is 6.75. The average molecular weight is 362 g/mol. The van der Waals surface area contributed by atoms with E-state index in [-0.39, 0.29) is 11.8 Å². The summed E-state index contributed by atoms with van der Waals surface area (Å²) in [6, 6.07) is 13.5. The molecule has 0 bridgehead atoms. The summed E-state index contributed by atoms with van der Waals surface area (Å²) in [5.41, 5.74) is 2.72. The molecule has 3 heterocycles. The molecular weight excluding hydrogens is 340 g/mol. The monoisotopic (exact) mass is 362 g/mol. The number of benzene rings is 1. The van der Waals surface area contributed by atoms with Gasteiger partial charge in [0.15, 0.2) is 0 Å². The van der Waals surface area contributed by atoms with Crippen molar-refractivity contribution in [1.29, 1.82) is 0 Å². The number of aromatic amines is 1. The second kappa shape index (κ2) is 7.61. The number of H-pyrrole nitrogens is 1. The van der Waals surface area contributed by atoms with Gasteiger partial charge in [-0.15, -0.1) is 0 Å². The van der Waals surface area contributed by atoms with E-state index in [4.69, 9.17) is 0 Å². The van der Waals surface area contributed by atoms with Crippen molar-refractivity contribution in [2.24, 2.45) is 0 Å². The van der Waals surface area contributed by atoms with Crippen LogP contribution in [0.1, 0.15) is 22.5 Å². The highest BCUT2D eigenvalue weighted by Crippen LogP contribution is 2.19. The van der Waals surface area contributed by atoms with Crippen molar-refractivity contribution in [3.05, 3.63) is 66.1 Å². The Labute approximate surface area is 157 Å². The molecule has 3 aromatic rings. The van der Waals surface area contributed by atoms with Crippen LogP contribution in [-0.4, -0.2) is 57.8 Å². The molecular formula is C21H22N4O2.